The van der Waals surface area contributed by atoms with Crippen molar-refractivity contribution in [3.63, 3.8) is 0 Å². The third-order valence-electron chi connectivity index (χ3n) is 4.02. The van der Waals surface area contributed by atoms with E-state index in [2.05, 4.69) is 20.3 Å². The maximum Gasteiger partial charge on any atom is 0.318 e. The minimum atomic E-state index is -0.313. The number of nitrogens with two attached hydrogens (primary N) is 1. The summed E-state index contributed by atoms with van der Waals surface area (Å²) >= 11 is 0. The third kappa shape index (κ3) is 2.71. The van der Waals surface area contributed by atoms with Crippen molar-refractivity contribution in [1.82, 2.24) is 19.5 Å². The molecule has 1 aliphatic heterocycles. The van der Waals surface area contributed by atoms with Crippen LogP contribution in [-0.2, 0) is 4.74 Å². The minimum Gasteiger partial charge on any atom is -0.479 e. The highest BCUT2D eigenvalue weighted by Crippen LogP contribution is 2.30. The van der Waals surface area contributed by atoms with Crippen molar-refractivity contribution in [2.75, 3.05) is 17.7 Å². The predicted octanol–water partition coefficient (Wildman–Crippen LogP) is 2.56. The summed E-state index contributed by atoms with van der Waals surface area (Å²) in [7, 11) is 0. The first-order valence-corrected chi connectivity index (χ1v) is 7.88. The van der Waals surface area contributed by atoms with Crippen LogP contribution in [0.25, 0.3) is 11.2 Å². The molecule has 8 heteroatoms. The molecule has 0 bridgehead atoms. The quantitative estimate of drug-likeness (QED) is 0.634. The van der Waals surface area contributed by atoms with Gasteiger partial charge in [0.1, 0.15) is 6.23 Å². The summed E-state index contributed by atoms with van der Waals surface area (Å²) in [5.41, 5.74) is 8.31. The van der Waals surface area contributed by atoms with Crippen LogP contribution < -0.4 is 11.1 Å². The van der Waals surface area contributed by atoms with Gasteiger partial charge in [-0.1, -0.05) is 6.07 Å². The lowest BCUT2D eigenvalue weighted by Gasteiger charge is -2.23. The van der Waals surface area contributed by atoms with Gasteiger partial charge in [-0.15, -0.1) is 0 Å². The van der Waals surface area contributed by atoms with Crippen LogP contribution >= 0.6 is 0 Å². The molecular weight excluding hydrogens is 308 g/mol. The fraction of sp³-hybridized carbons (Fsp3) is 0.312. The van der Waals surface area contributed by atoms with Gasteiger partial charge in [-0.05, 0) is 37.5 Å². The Morgan fingerprint density at radius 2 is 2.21 bits per heavy atom. The molecule has 0 aliphatic carbocycles. The van der Waals surface area contributed by atoms with Gasteiger partial charge >= 0.3 is 6.01 Å². The highest BCUT2D eigenvalue weighted by molar-refractivity contribution is 5.86. The van der Waals surface area contributed by atoms with Crippen LogP contribution in [-0.4, -0.2) is 31.2 Å². The van der Waals surface area contributed by atoms with Crippen LogP contribution in [0.5, 0.6) is 6.01 Å². The first-order chi connectivity index (χ1) is 11.7. The maximum absolute atomic E-state index is 9.92. The molecule has 0 radical (unpaired) electrons. The molecular formula is C16H18N6O2. The van der Waals surface area contributed by atoms with Crippen molar-refractivity contribution in [3.8, 4) is 6.01 Å². The van der Waals surface area contributed by atoms with Gasteiger partial charge in [0.25, 0.3) is 0 Å². The summed E-state index contributed by atoms with van der Waals surface area (Å²) in [6.45, 7) is 0.718. The second-order valence-electron chi connectivity index (χ2n) is 5.77. The molecule has 124 valence electrons. The Hall–Kier alpha value is -2.87. The Balaban J connectivity index is 1.74. The number of aromatic nitrogens is 4. The monoisotopic (exact) mass is 326 g/mol. The van der Waals surface area contributed by atoms with Crippen molar-refractivity contribution in [2.45, 2.75) is 25.5 Å². The smallest absolute Gasteiger partial charge is 0.318 e. The first kappa shape index (κ1) is 14.7. The Bertz CT molecular complexity index is 872. The average Bonchev–Trinajstić information content (AvgIpc) is 2.99. The normalized spacial score (nSPS) is 17.9. The van der Waals surface area contributed by atoms with E-state index in [-0.39, 0.29) is 12.2 Å². The Kier molecular flexibility index (Phi) is 3.66. The molecule has 0 spiro atoms. The van der Waals surface area contributed by atoms with Gasteiger partial charge in [-0.25, -0.2) is 4.98 Å². The summed E-state index contributed by atoms with van der Waals surface area (Å²) < 4.78 is 7.64. The topological polar surface area (TPSA) is 111 Å². The number of rotatable bonds is 3. The van der Waals surface area contributed by atoms with Crippen molar-refractivity contribution < 1.29 is 9.84 Å². The SMILES string of the molecule is Nc1cccc(Nc2nc(O)nc3c2ncn3C2CCCCO2)c1. The number of anilines is 3. The molecule has 1 unspecified atom stereocenters. The third-order valence-corrected chi connectivity index (χ3v) is 4.02. The molecule has 0 saturated carbocycles. The number of benzene rings is 1. The number of hydrogen-bond donors (Lipinski definition) is 3. The lowest BCUT2D eigenvalue weighted by molar-refractivity contribution is -0.0298. The Morgan fingerprint density at radius 3 is 3.00 bits per heavy atom. The van der Waals surface area contributed by atoms with E-state index in [4.69, 9.17) is 10.5 Å². The summed E-state index contributed by atoms with van der Waals surface area (Å²) in [5, 5.41) is 13.1. The zero-order valence-electron chi connectivity index (χ0n) is 13.0. The average molecular weight is 326 g/mol. The first-order valence-electron chi connectivity index (χ1n) is 7.88. The molecule has 1 fully saturated rings. The fourth-order valence-corrected chi connectivity index (χ4v) is 2.90. The highest BCUT2D eigenvalue weighted by atomic mass is 16.5. The molecule has 3 aromatic rings. The number of ether oxygens (including phenoxy) is 1. The fourth-order valence-electron chi connectivity index (χ4n) is 2.90. The molecule has 3 heterocycles. The van der Waals surface area contributed by atoms with E-state index in [0.717, 1.165) is 31.6 Å². The van der Waals surface area contributed by atoms with Crippen molar-refractivity contribution in [2.24, 2.45) is 0 Å². The number of nitrogens with one attached hydrogen (secondary N) is 1. The van der Waals surface area contributed by atoms with E-state index in [1.165, 1.54) is 0 Å². The number of nitrogens with zero attached hydrogens (tertiary/aromatic N) is 4. The minimum absolute atomic E-state index is 0.113. The molecule has 1 aromatic carbocycles. The summed E-state index contributed by atoms with van der Waals surface area (Å²) in [6, 6.07) is 6.97. The second kappa shape index (κ2) is 5.97. The highest BCUT2D eigenvalue weighted by Gasteiger charge is 2.21. The molecule has 4 N–H and O–H groups in total. The molecule has 0 amide bonds. The van der Waals surface area contributed by atoms with Crippen LogP contribution in [0, 0.1) is 0 Å². The van der Waals surface area contributed by atoms with Gasteiger partial charge in [-0.3, -0.25) is 4.57 Å². The predicted molar refractivity (Wildman–Crippen MR) is 90.0 cm³/mol. The van der Waals surface area contributed by atoms with Gasteiger partial charge in [-0.2, -0.15) is 9.97 Å². The van der Waals surface area contributed by atoms with Gasteiger partial charge in [0.2, 0.25) is 0 Å². The summed E-state index contributed by atoms with van der Waals surface area (Å²) in [6.07, 6.45) is 4.62. The molecule has 1 atom stereocenters. The number of aromatic hydroxyl groups is 1. The van der Waals surface area contributed by atoms with Gasteiger partial charge in [0.15, 0.2) is 17.0 Å². The molecule has 8 nitrogen and oxygen atoms in total. The van der Waals surface area contributed by atoms with Gasteiger partial charge in [0, 0.05) is 18.0 Å². The van der Waals surface area contributed by atoms with Crippen molar-refractivity contribution >= 4 is 28.4 Å². The van der Waals surface area contributed by atoms with E-state index in [1.807, 2.05) is 16.7 Å². The Morgan fingerprint density at radius 1 is 1.29 bits per heavy atom. The van der Waals surface area contributed by atoms with Crippen LogP contribution in [0.4, 0.5) is 17.2 Å². The van der Waals surface area contributed by atoms with Gasteiger partial charge in [0.05, 0.1) is 6.33 Å². The number of hydrogen-bond acceptors (Lipinski definition) is 7. The second-order valence-corrected chi connectivity index (χ2v) is 5.77. The maximum atomic E-state index is 9.92. The summed E-state index contributed by atoms with van der Waals surface area (Å²) in [5.74, 6) is 0.428. The van der Waals surface area contributed by atoms with E-state index in [1.54, 1.807) is 18.5 Å². The van der Waals surface area contributed by atoms with E-state index < -0.39 is 0 Å². The van der Waals surface area contributed by atoms with E-state index in [0.29, 0.717) is 22.7 Å². The molecule has 1 saturated heterocycles. The summed E-state index contributed by atoms with van der Waals surface area (Å²) in [4.78, 5) is 12.6. The Labute approximate surface area is 138 Å². The van der Waals surface area contributed by atoms with Crippen molar-refractivity contribution in [3.05, 3.63) is 30.6 Å². The number of imidazole rings is 1. The molecule has 4 rings (SSSR count). The van der Waals surface area contributed by atoms with Gasteiger partial charge < -0.3 is 20.9 Å². The number of nitrogen functional groups attached to an aromatic ring is 1. The zero-order valence-corrected chi connectivity index (χ0v) is 13.0. The van der Waals surface area contributed by atoms with Crippen LogP contribution in [0.15, 0.2) is 30.6 Å². The molecule has 24 heavy (non-hydrogen) atoms. The van der Waals surface area contributed by atoms with E-state index in [9.17, 15) is 5.11 Å². The van der Waals surface area contributed by atoms with Crippen LogP contribution in [0.2, 0.25) is 0 Å². The lowest BCUT2D eigenvalue weighted by Crippen LogP contribution is -2.17. The number of fused-ring (bicyclic) bond motifs is 1. The molecule has 1 aliphatic rings. The molecule has 2 aromatic heterocycles. The van der Waals surface area contributed by atoms with E-state index >= 15 is 0 Å². The van der Waals surface area contributed by atoms with Crippen LogP contribution in [0.1, 0.15) is 25.5 Å². The largest absolute Gasteiger partial charge is 0.479 e. The lowest BCUT2D eigenvalue weighted by atomic mass is 10.2. The van der Waals surface area contributed by atoms with Crippen LogP contribution in [0.3, 0.4) is 0 Å². The standard InChI is InChI=1S/C16H18N6O2/c17-10-4-3-5-11(8-10)19-14-13-15(21-16(23)20-14)22(9-18-13)12-6-1-2-7-24-12/h3-5,8-9,12H,1-2,6-7,17H2,(H2,19,20,21,23). The van der Waals surface area contributed by atoms with Crippen molar-refractivity contribution in [1.29, 1.82) is 0 Å². The zero-order chi connectivity index (χ0) is 16.5.